The maximum atomic E-state index is 5.09. The van der Waals surface area contributed by atoms with Crippen molar-refractivity contribution in [1.82, 2.24) is 9.55 Å². The first kappa shape index (κ1) is 9.86. The highest BCUT2D eigenvalue weighted by molar-refractivity contribution is 7.98. The van der Waals surface area contributed by atoms with Crippen molar-refractivity contribution < 1.29 is 0 Å². The Bertz CT molecular complexity index is 277. The summed E-state index contributed by atoms with van der Waals surface area (Å²) in [5.41, 5.74) is 0. The highest BCUT2D eigenvalue weighted by Gasteiger charge is 2.01. The molecule has 0 amide bonds. The highest BCUT2D eigenvalue weighted by Crippen LogP contribution is 2.07. The SMILES string of the molecule is CSCC(C)Cn1cc[nH]c1=S. The normalized spacial score (nSPS) is 13.2. The van der Waals surface area contributed by atoms with Gasteiger partial charge in [0.15, 0.2) is 4.77 Å². The molecule has 4 heteroatoms. The van der Waals surface area contributed by atoms with E-state index >= 15 is 0 Å². The fourth-order valence-electron chi connectivity index (χ4n) is 1.17. The Morgan fingerprint density at radius 2 is 2.50 bits per heavy atom. The number of imidazole rings is 1. The van der Waals surface area contributed by atoms with Gasteiger partial charge in [0.1, 0.15) is 0 Å². The fourth-order valence-corrected chi connectivity index (χ4v) is 2.04. The second kappa shape index (κ2) is 4.72. The lowest BCUT2D eigenvalue weighted by molar-refractivity contribution is 0.526. The van der Waals surface area contributed by atoms with E-state index in [1.807, 2.05) is 24.2 Å². The summed E-state index contributed by atoms with van der Waals surface area (Å²) in [5, 5.41) is 0. The molecule has 1 unspecified atom stereocenters. The van der Waals surface area contributed by atoms with Crippen molar-refractivity contribution in [3.8, 4) is 0 Å². The second-order valence-corrected chi connectivity index (χ2v) is 4.28. The minimum Gasteiger partial charge on any atom is -0.337 e. The summed E-state index contributed by atoms with van der Waals surface area (Å²) in [5.74, 6) is 1.87. The molecule has 12 heavy (non-hydrogen) atoms. The minimum absolute atomic E-state index is 0.683. The van der Waals surface area contributed by atoms with Gasteiger partial charge >= 0.3 is 0 Å². The molecule has 0 bridgehead atoms. The molecule has 1 atom stereocenters. The molecular weight excluding hydrogens is 188 g/mol. The van der Waals surface area contributed by atoms with E-state index in [2.05, 4.69) is 22.7 Å². The van der Waals surface area contributed by atoms with E-state index < -0.39 is 0 Å². The first-order chi connectivity index (χ1) is 5.74. The van der Waals surface area contributed by atoms with Crippen molar-refractivity contribution in [3.05, 3.63) is 17.2 Å². The van der Waals surface area contributed by atoms with Crippen LogP contribution in [0, 0.1) is 10.7 Å². The summed E-state index contributed by atoms with van der Waals surface area (Å²) in [7, 11) is 0. The molecule has 1 aromatic rings. The highest BCUT2D eigenvalue weighted by atomic mass is 32.2. The molecule has 0 aliphatic carbocycles. The number of nitrogens with zero attached hydrogens (tertiary/aromatic N) is 1. The first-order valence-corrected chi connectivity index (χ1v) is 5.77. The van der Waals surface area contributed by atoms with E-state index in [4.69, 9.17) is 12.2 Å². The zero-order chi connectivity index (χ0) is 8.97. The number of aromatic nitrogens is 2. The van der Waals surface area contributed by atoms with Crippen molar-refractivity contribution in [2.24, 2.45) is 5.92 Å². The lowest BCUT2D eigenvalue weighted by Crippen LogP contribution is -2.08. The van der Waals surface area contributed by atoms with E-state index in [1.165, 1.54) is 5.75 Å². The second-order valence-electron chi connectivity index (χ2n) is 2.98. The molecular formula is C8H14N2S2. The molecule has 68 valence electrons. The van der Waals surface area contributed by atoms with Crippen LogP contribution in [-0.4, -0.2) is 21.6 Å². The number of thioether (sulfide) groups is 1. The van der Waals surface area contributed by atoms with Gasteiger partial charge in [-0.15, -0.1) is 0 Å². The molecule has 1 N–H and O–H groups in total. The van der Waals surface area contributed by atoms with Crippen molar-refractivity contribution in [3.63, 3.8) is 0 Å². The molecule has 0 fully saturated rings. The van der Waals surface area contributed by atoms with Crippen LogP contribution in [0.25, 0.3) is 0 Å². The van der Waals surface area contributed by atoms with Crippen molar-refractivity contribution in [2.45, 2.75) is 13.5 Å². The van der Waals surface area contributed by atoms with Crippen LogP contribution in [-0.2, 0) is 6.54 Å². The Morgan fingerprint density at radius 1 is 1.75 bits per heavy atom. The molecule has 0 aliphatic heterocycles. The Hall–Kier alpha value is -0.220. The van der Waals surface area contributed by atoms with Crippen LogP contribution in [0.15, 0.2) is 12.4 Å². The molecule has 0 saturated heterocycles. The van der Waals surface area contributed by atoms with Crippen molar-refractivity contribution in [2.75, 3.05) is 12.0 Å². The molecule has 0 aromatic carbocycles. The largest absolute Gasteiger partial charge is 0.337 e. The van der Waals surface area contributed by atoms with Gasteiger partial charge in [-0.2, -0.15) is 11.8 Å². The summed E-state index contributed by atoms with van der Waals surface area (Å²) in [6.07, 6.45) is 6.01. The van der Waals surface area contributed by atoms with Crippen molar-refractivity contribution >= 4 is 24.0 Å². The van der Waals surface area contributed by atoms with Crippen LogP contribution in [0.4, 0.5) is 0 Å². The van der Waals surface area contributed by atoms with E-state index in [1.54, 1.807) is 0 Å². The van der Waals surface area contributed by atoms with Gasteiger partial charge in [0.25, 0.3) is 0 Å². The Labute approximate surface area is 82.4 Å². The number of aromatic amines is 1. The summed E-state index contributed by atoms with van der Waals surface area (Å²) < 4.78 is 2.90. The number of hydrogen-bond donors (Lipinski definition) is 1. The van der Waals surface area contributed by atoms with Gasteiger partial charge in [0.05, 0.1) is 0 Å². The van der Waals surface area contributed by atoms with E-state index in [-0.39, 0.29) is 0 Å². The van der Waals surface area contributed by atoms with E-state index in [0.29, 0.717) is 5.92 Å². The van der Waals surface area contributed by atoms with E-state index in [9.17, 15) is 0 Å². The maximum Gasteiger partial charge on any atom is 0.177 e. The van der Waals surface area contributed by atoms with Crippen LogP contribution in [0.2, 0.25) is 0 Å². The zero-order valence-electron chi connectivity index (χ0n) is 7.41. The van der Waals surface area contributed by atoms with Crippen molar-refractivity contribution in [1.29, 1.82) is 0 Å². The third-order valence-electron chi connectivity index (χ3n) is 1.68. The molecule has 0 spiro atoms. The first-order valence-electron chi connectivity index (χ1n) is 3.96. The predicted molar refractivity (Wildman–Crippen MR) is 57.2 cm³/mol. The van der Waals surface area contributed by atoms with Gasteiger partial charge in [0, 0.05) is 18.9 Å². The monoisotopic (exact) mass is 202 g/mol. The molecule has 1 heterocycles. The Kier molecular flexibility index (Phi) is 3.88. The Morgan fingerprint density at radius 3 is 3.00 bits per heavy atom. The standard InChI is InChI=1S/C8H14N2S2/c1-7(6-12-2)5-10-4-3-9-8(10)11/h3-4,7H,5-6H2,1-2H3,(H,9,11). The van der Waals surface area contributed by atoms with Crippen LogP contribution in [0.3, 0.4) is 0 Å². The topological polar surface area (TPSA) is 20.7 Å². The number of hydrogen-bond acceptors (Lipinski definition) is 2. The van der Waals surface area contributed by atoms with Gasteiger partial charge < -0.3 is 9.55 Å². The zero-order valence-corrected chi connectivity index (χ0v) is 9.04. The fraction of sp³-hybridized carbons (Fsp3) is 0.625. The van der Waals surface area contributed by atoms with E-state index in [0.717, 1.165) is 11.3 Å². The maximum absolute atomic E-state index is 5.09. The molecule has 1 aromatic heterocycles. The average molecular weight is 202 g/mol. The average Bonchev–Trinajstić information content (AvgIpc) is 2.37. The predicted octanol–water partition coefficient (Wildman–Crippen LogP) is 2.54. The van der Waals surface area contributed by atoms with Crippen LogP contribution in [0.5, 0.6) is 0 Å². The van der Waals surface area contributed by atoms with Crippen LogP contribution in [0.1, 0.15) is 6.92 Å². The summed E-state index contributed by atoms with van der Waals surface area (Å²) in [4.78, 5) is 2.99. The molecule has 1 rings (SSSR count). The smallest absolute Gasteiger partial charge is 0.177 e. The Balaban J connectivity index is 2.52. The number of nitrogens with one attached hydrogen (secondary N) is 1. The van der Waals surface area contributed by atoms with Gasteiger partial charge in [-0.05, 0) is 30.1 Å². The lowest BCUT2D eigenvalue weighted by Gasteiger charge is -2.09. The number of H-pyrrole nitrogens is 1. The van der Waals surface area contributed by atoms with Gasteiger partial charge in [0.2, 0.25) is 0 Å². The lowest BCUT2D eigenvalue weighted by atomic mass is 10.2. The quantitative estimate of drug-likeness (QED) is 0.757. The molecule has 0 aliphatic rings. The third kappa shape index (κ3) is 2.68. The summed E-state index contributed by atoms with van der Waals surface area (Å²) in [6.45, 7) is 3.26. The number of rotatable bonds is 4. The third-order valence-corrected chi connectivity index (χ3v) is 2.94. The van der Waals surface area contributed by atoms with Crippen LogP contribution >= 0.6 is 24.0 Å². The minimum atomic E-state index is 0.683. The summed E-state index contributed by atoms with van der Waals surface area (Å²) >= 11 is 6.97. The van der Waals surface area contributed by atoms with Gasteiger partial charge in [-0.3, -0.25) is 0 Å². The van der Waals surface area contributed by atoms with Gasteiger partial charge in [-0.1, -0.05) is 6.92 Å². The molecule has 0 saturated carbocycles. The van der Waals surface area contributed by atoms with Crippen LogP contribution < -0.4 is 0 Å². The molecule has 0 radical (unpaired) electrons. The molecule has 2 nitrogen and oxygen atoms in total. The van der Waals surface area contributed by atoms with Gasteiger partial charge in [-0.25, -0.2) is 0 Å². The summed E-state index contributed by atoms with van der Waals surface area (Å²) in [6, 6.07) is 0.